The van der Waals surface area contributed by atoms with Crippen molar-refractivity contribution in [3.63, 3.8) is 0 Å². The molecule has 18 heavy (non-hydrogen) atoms. The van der Waals surface area contributed by atoms with E-state index in [2.05, 4.69) is 48.3 Å². The van der Waals surface area contributed by atoms with Gasteiger partial charge in [-0.1, -0.05) is 13.8 Å². The third-order valence-corrected chi connectivity index (χ3v) is 3.60. The van der Waals surface area contributed by atoms with E-state index in [1.54, 1.807) is 0 Å². The molecular formula is C15H24N2O. The Kier molecular flexibility index (Phi) is 4.88. The lowest BCUT2D eigenvalue weighted by Crippen LogP contribution is -2.36. The average Bonchev–Trinajstić information content (AvgIpc) is 2.46. The topological polar surface area (TPSA) is 24.5 Å². The Balaban J connectivity index is 1.96. The molecule has 0 amide bonds. The van der Waals surface area contributed by atoms with Crippen LogP contribution in [0, 0.1) is 0 Å². The van der Waals surface area contributed by atoms with Gasteiger partial charge in [0.25, 0.3) is 0 Å². The first-order valence-electron chi connectivity index (χ1n) is 7.02. The summed E-state index contributed by atoms with van der Waals surface area (Å²) in [6.07, 6.45) is 2.34. The number of morpholine rings is 1. The van der Waals surface area contributed by atoms with Crippen molar-refractivity contribution >= 4 is 11.4 Å². The maximum absolute atomic E-state index is 5.37. The average molecular weight is 248 g/mol. The van der Waals surface area contributed by atoms with E-state index >= 15 is 0 Å². The summed E-state index contributed by atoms with van der Waals surface area (Å²) in [6.45, 7) is 8.13. The van der Waals surface area contributed by atoms with Gasteiger partial charge in [0, 0.05) is 30.5 Å². The van der Waals surface area contributed by atoms with Crippen LogP contribution in [0.2, 0.25) is 0 Å². The van der Waals surface area contributed by atoms with Crippen molar-refractivity contribution in [1.82, 2.24) is 0 Å². The molecular weight excluding hydrogens is 224 g/mol. The highest BCUT2D eigenvalue weighted by molar-refractivity contribution is 5.55. The van der Waals surface area contributed by atoms with Crippen LogP contribution in [0.1, 0.15) is 26.7 Å². The number of hydrogen-bond donors (Lipinski definition) is 1. The summed E-state index contributed by atoms with van der Waals surface area (Å²) in [5.41, 5.74) is 2.52. The molecule has 0 bridgehead atoms. The van der Waals surface area contributed by atoms with E-state index in [1.807, 2.05) is 0 Å². The van der Waals surface area contributed by atoms with Crippen LogP contribution in [-0.4, -0.2) is 32.3 Å². The summed E-state index contributed by atoms with van der Waals surface area (Å²) < 4.78 is 5.37. The molecule has 0 saturated carbocycles. The summed E-state index contributed by atoms with van der Waals surface area (Å²) in [5, 5.41) is 3.57. The van der Waals surface area contributed by atoms with E-state index in [4.69, 9.17) is 4.74 Å². The fourth-order valence-electron chi connectivity index (χ4n) is 2.32. The zero-order chi connectivity index (χ0) is 12.8. The molecule has 0 aromatic heterocycles. The van der Waals surface area contributed by atoms with E-state index in [9.17, 15) is 0 Å². The van der Waals surface area contributed by atoms with Gasteiger partial charge in [0.15, 0.2) is 0 Å². The van der Waals surface area contributed by atoms with Crippen molar-refractivity contribution in [3.8, 4) is 0 Å². The van der Waals surface area contributed by atoms with Crippen LogP contribution in [-0.2, 0) is 4.74 Å². The summed E-state index contributed by atoms with van der Waals surface area (Å²) >= 11 is 0. The number of rotatable bonds is 5. The Morgan fingerprint density at radius 3 is 2.28 bits per heavy atom. The van der Waals surface area contributed by atoms with Gasteiger partial charge >= 0.3 is 0 Å². The maximum Gasteiger partial charge on any atom is 0.0642 e. The lowest BCUT2D eigenvalue weighted by atomic mass is 10.1. The molecule has 0 atom stereocenters. The van der Waals surface area contributed by atoms with Crippen LogP contribution in [0.3, 0.4) is 0 Å². The smallest absolute Gasteiger partial charge is 0.0642 e. The summed E-state index contributed by atoms with van der Waals surface area (Å²) in [5.74, 6) is 0. The van der Waals surface area contributed by atoms with Crippen molar-refractivity contribution < 1.29 is 4.74 Å². The highest BCUT2D eigenvalue weighted by Gasteiger charge is 2.11. The molecule has 2 rings (SSSR count). The van der Waals surface area contributed by atoms with E-state index in [-0.39, 0.29) is 0 Å². The van der Waals surface area contributed by atoms with Gasteiger partial charge in [-0.3, -0.25) is 0 Å². The number of benzene rings is 1. The fourth-order valence-corrected chi connectivity index (χ4v) is 2.32. The molecule has 0 radical (unpaired) electrons. The van der Waals surface area contributed by atoms with E-state index in [0.717, 1.165) is 26.3 Å². The molecule has 100 valence electrons. The first-order chi connectivity index (χ1) is 8.83. The van der Waals surface area contributed by atoms with Crippen LogP contribution in [0.4, 0.5) is 11.4 Å². The Labute approximate surface area is 110 Å². The molecule has 0 unspecified atom stereocenters. The van der Waals surface area contributed by atoms with E-state index in [0.29, 0.717) is 6.04 Å². The second-order valence-electron chi connectivity index (χ2n) is 4.80. The molecule has 1 aliphatic rings. The fraction of sp³-hybridized carbons (Fsp3) is 0.600. The second-order valence-corrected chi connectivity index (χ2v) is 4.80. The van der Waals surface area contributed by atoms with Gasteiger partial charge in [-0.15, -0.1) is 0 Å². The molecule has 1 heterocycles. The molecule has 1 aromatic carbocycles. The Morgan fingerprint density at radius 1 is 1.11 bits per heavy atom. The van der Waals surface area contributed by atoms with Crippen LogP contribution >= 0.6 is 0 Å². The van der Waals surface area contributed by atoms with Crippen molar-refractivity contribution in [2.24, 2.45) is 0 Å². The molecule has 1 fully saturated rings. The maximum atomic E-state index is 5.37. The molecule has 3 nitrogen and oxygen atoms in total. The monoisotopic (exact) mass is 248 g/mol. The van der Waals surface area contributed by atoms with Crippen molar-refractivity contribution in [3.05, 3.63) is 24.3 Å². The summed E-state index contributed by atoms with van der Waals surface area (Å²) in [7, 11) is 0. The Hall–Kier alpha value is -1.22. The minimum Gasteiger partial charge on any atom is -0.382 e. The van der Waals surface area contributed by atoms with Crippen molar-refractivity contribution in [1.29, 1.82) is 0 Å². The highest BCUT2D eigenvalue weighted by atomic mass is 16.5. The zero-order valence-electron chi connectivity index (χ0n) is 11.5. The molecule has 0 spiro atoms. The molecule has 1 aliphatic heterocycles. The molecule has 1 N–H and O–H groups in total. The van der Waals surface area contributed by atoms with E-state index in [1.165, 1.54) is 24.2 Å². The minimum absolute atomic E-state index is 0.583. The number of hydrogen-bond acceptors (Lipinski definition) is 3. The van der Waals surface area contributed by atoms with Gasteiger partial charge in [0.05, 0.1) is 13.2 Å². The summed E-state index contributed by atoms with van der Waals surface area (Å²) in [6, 6.07) is 9.36. The predicted octanol–water partition coefficient (Wildman–Crippen LogP) is 3.12. The SMILES string of the molecule is CCC(CC)Nc1ccc(N2CCOCC2)cc1. The standard InChI is InChI=1S/C15H24N2O/c1-3-13(4-2)16-14-5-7-15(8-6-14)17-9-11-18-12-10-17/h5-8,13,16H,3-4,9-12H2,1-2H3. The normalized spacial score (nSPS) is 16.1. The van der Waals surface area contributed by atoms with Crippen molar-refractivity contribution in [2.75, 3.05) is 36.5 Å². The first-order valence-corrected chi connectivity index (χ1v) is 7.02. The van der Waals surface area contributed by atoms with Crippen LogP contribution in [0.25, 0.3) is 0 Å². The quantitative estimate of drug-likeness (QED) is 0.866. The van der Waals surface area contributed by atoms with Gasteiger partial charge in [0.1, 0.15) is 0 Å². The van der Waals surface area contributed by atoms with Gasteiger partial charge in [-0.25, -0.2) is 0 Å². The lowest BCUT2D eigenvalue weighted by Gasteiger charge is -2.29. The van der Waals surface area contributed by atoms with Gasteiger partial charge in [0.2, 0.25) is 0 Å². The van der Waals surface area contributed by atoms with Crippen molar-refractivity contribution in [2.45, 2.75) is 32.7 Å². The Bertz CT molecular complexity index is 340. The number of anilines is 2. The zero-order valence-corrected chi connectivity index (χ0v) is 11.5. The first kappa shape index (κ1) is 13.2. The van der Waals surface area contributed by atoms with Crippen LogP contribution < -0.4 is 10.2 Å². The third-order valence-electron chi connectivity index (χ3n) is 3.60. The summed E-state index contributed by atoms with van der Waals surface area (Å²) in [4.78, 5) is 2.38. The largest absolute Gasteiger partial charge is 0.382 e. The number of nitrogens with one attached hydrogen (secondary N) is 1. The molecule has 1 aromatic rings. The predicted molar refractivity (Wildman–Crippen MR) is 77.5 cm³/mol. The lowest BCUT2D eigenvalue weighted by molar-refractivity contribution is 0.122. The van der Waals surface area contributed by atoms with Gasteiger partial charge in [-0.2, -0.15) is 0 Å². The van der Waals surface area contributed by atoms with Gasteiger partial charge < -0.3 is 15.0 Å². The van der Waals surface area contributed by atoms with Crippen LogP contribution in [0.5, 0.6) is 0 Å². The number of nitrogens with zero attached hydrogens (tertiary/aromatic N) is 1. The number of ether oxygens (including phenoxy) is 1. The van der Waals surface area contributed by atoms with Crippen LogP contribution in [0.15, 0.2) is 24.3 Å². The molecule has 0 aliphatic carbocycles. The Morgan fingerprint density at radius 2 is 1.72 bits per heavy atom. The van der Waals surface area contributed by atoms with E-state index < -0.39 is 0 Å². The minimum atomic E-state index is 0.583. The molecule has 3 heteroatoms. The highest BCUT2D eigenvalue weighted by Crippen LogP contribution is 2.20. The third kappa shape index (κ3) is 3.39. The molecule has 1 saturated heterocycles. The van der Waals surface area contributed by atoms with Gasteiger partial charge in [-0.05, 0) is 37.1 Å². The second kappa shape index (κ2) is 6.64.